The van der Waals surface area contributed by atoms with Crippen molar-refractivity contribution in [3.05, 3.63) is 95.6 Å². The summed E-state index contributed by atoms with van der Waals surface area (Å²) in [6.45, 7) is 39.4. The van der Waals surface area contributed by atoms with Crippen LogP contribution in [0.15, 0.2) is 84.5 Å². The Morgan fingerprint density at radius 3 is 1.32 bits per heavy atom. The van der Waals surface area contributed by atoms with E-state index in [1.165, 1.54) is 23.1 Å². The van der Waals surface area contributed by atoms with E-state index in [1.807, 2.05) is 0 Å². The molecule has 2 aromatic carbocycles. The van der Waals surface area contributed by atoms with Gasteiger partial charge in [-0.25, -0.2) is 0 Å². The van der Waals surface area contributed by atoms with Gasteiger partial charge in [0.25, 0.3) is 0 Å². The van der Waals surface area contributed by atoms with Crippen molar-refractivity contribution >= 4 is 0 Å². The lowest BCUT2D eigenvalue weighted by atomic mass is 9.49. The summed E-state index contributed by atoms with van der Waals surface area (Å²) in [5.41, 5.74) is 5.20. The van der Waals surface area contributed by atoms with Gasteiger partial charge in [-0.15, -0.1) is 0 Å². The molecule has 0 heteroatoms. The maximum atomic E-state index is 2.57. The van der Waals surface area contributed by atoms with Crippen LogP contribution in [0.3, 0.4) is 0 Å². The summed E-state index contributed by atoms with van der Waals surface area (Å²) in [5.74, 6) is 1.39. The third kappa shape index (κ3) is 9.23. The van der Waals surface area contributed by atoms with Gasteiger partial charge in [-0.05, 0) is 94.5 Å². The quantitative estimate of drug-likeness (QED) is 0.201. The molecule has 2 rings (SSSR count). The zero-order valence-electron chi connectivity index (χ0n) is 31.9. The molecule has 0 bridgehead atoms. The third-order valence-electron chi connectivity index (χ3n) is 12.0. The average Bonchev–Trinajstić information content (AvgIpc) is 2.91. The predicted molar refractivity (Wildman–Crippen MR) is 198 cm³/mol. The topological polar surface area (TPSA) is 0 Å². The van der Waals surface area contributed by atoms with E-state index in [4.69, 9.17) is 0 Å². The van der Waals surface area contributed by atoms with Gasteiger partial charge >= 0.3 is 0 Å². The maximum Gasteiger partial charge on any atom is -0.0100 e. The first-order valence-corrected chi connectivity index (χ1v) is 17.4. The zero-order valence-corrected chi connectivity index (χ0v) is 31.9. The normalized spacial score (nSPS) is 16.7. The van der Waals surface area contributed by atoms with E-state index in [0.29, 0.717) is 17.8 Å². The molecule has 0 aliphatic carbocycles. The number of benzene rings is 2. The Kier molecular flexibility index (Phi) is 12.2. The highest BCUT2D eigenvalue weighted by molar-refractivity contribution is 5.27. The third-order valence-corrected chi connectivity index (χ3v) is 12.0. The number of hydrogen-bond acceptors (Lipinski definition) is 0. The van der Waals surface area contributed by atoms with Crippen molar-refractivity contribution < 1.29 is 0 Å². The number of rotatable bonds is 13. The van der Waals surface area contributed by atoms with Crippen LogP contribution in [-0.2, 0) is 0 Å². The van der Waals surface area contributed by atoms with E-state index < -0.39 is 0 Å². The van der Waals surface area contributed by atoms with Gasteiger partial charge in [0.1, 0.15) is 0 Å². The minimum atomic E-state index is 0.0539. The summed E-state index contributed by atoms with van der Waals surface area (Å²) in [6.07, 6.45) is 10.2. The zero-order chi connectivity index (χ0) is 33.8. The minimum absolute atomic E-state index is 0.0539. The molecule has 0 N–H and O–H groups in total. The molecule has 0 radical (unpaired) electrons. The molecule has 3 unspecified atom stereocenters. The molecule has 2 aromatic rings. The fourth-order valence-corrected chi connectivity index (χ4v) is 7.57. The standard InChI is InChI=1S/C44H70/c1-17-18-25-33(2)36(40(6,7)8)31-41(9,10)44(15,16)38(35-28-23-20-24-29-35)32-42(11,12)43(13,14)37(30-39(3,4)5)34-26-21-19-22-27-34/h17-29,36-38H,30-32H2,1-16H3/b18-17-,33-25+. The van der Waals surface area contributed by atoms with Crippen LogP contribution in [0.25, 0.3) is 0 Å². The van der Waals surface area contributed by atoms with Crippen molar-refractivity contribution in [2.24, 2.45) is 38.4 Å². The van der Waals surface area contributed by atoms with Crippen molar-refractivity contribution in [2.45, 2.75) is 142 Å². The van der Waals surface area contributed by atoms with Crippen molar-refractivity contribution in [1.29, 1.82) is 0 Å². The SMILES string of the molecule is C/C=C\C=C(/C)C(CC(C)(C)C(C)(C)C(CC(C)(C)C(C)(C)C(CC(C)(C)C)c1ccccc1)c1ccccc1)C(C)(C)C. The smallest absolute Gasteiger partial charge is 0.0100 e. The molecule has 0 saturated carbocycles. The Morgan fingerprint density at radius 2 is 0.955 bits per heavy atom. The Hall–Kier alpha value is -2.08. The van der Waals surface area contributed by atoms with Crippen molar-refractivity contribution in [1.82, 2.24) is 0 Å². The summed E-state index contributed by atoms with van der Waals surface area (Å²) < 4.78 is 0. The lowest BCUT2D eigenvalue weighted by molar-refractivity contribution is -0.0125. The van der Waals surface area contributed by atoms with Crippen molar-refractivity contribution in [3.63, 3.8) is 0 Å². The highest BCUT2D eigenvalue weighted by atomic mass is 14.6. The summed E-state index contributed by atoms with van der Waals surface area (Å²) in [4.78, 5) is 0. The number of allylic oxidation sites excluding steroid dienone is 4. The second kappa shape index (κ2) is 14.1. The first-order valence-electron chi connectivity index (χ1n) is 17.4. The second-order valence-corrected chi connectivity index (χ2v) is 18.7. The summed E-state index contributed by atoms with van der Waals surface area (Å²) in [5, 5.41) is 0. The molecule has 246 valence electrons. The summed E-state index contributed by atoms with van der Waals surface area (Å²) in [7, 11) is 0. The van der Waals surface area contributed by atoms with E-state index >= 15 is 0 Å². The monoisotopic (exact) mass is 599 g/mol. The summed E-state index contributed by atoms with van der Waals surface area (Å²) >= 11 is 0. The van der Waals surface area contributed by atoms with Gasteiger partial charge in [0.05, 0.1) is 0 Å². The Balaban J connectivity index is 2.66. The molecule has 0 aliphatic heterocycles. The maximum absolute atomic E-state index is 2.57. The summed E-state index contributed by atoms with van der Waals surface area (Å²) in [6, 6.07) is 22.8. The fraction of sp³-hybridized carbons (Fsp3) is 0.636. The van der Waals surface area contributed by atoms with Crippen LogP contribution in [0, 0.1) is 38.4 Å². The minimum Gasteiger partial charge on any atom is -0.0877 e. The van der Waals surface area contributed by atoms with Crippen LogP contribution in [0.4, 0.5) is 0 Å². The van der Waals surface area contributed by atoms with Crippen LogP contribution in [-0.4, -0.2) is 0 Å². The second-order valence-electron chi connectivity index (χ2n) is 18.7. The first kappa shape index (κ1) is 38.1. The Morgan fingerprint density at radius 1 is 0.568 bits per heavy atom. The van der Waals surface area contributed by atoms with Crippen LogP contribution in [0.2, 0.25) is 0 Å². The van der Waals surface area contributed by atoms with Crippen molar-refractivity contribution in [3.8, 4) is 0 Å². The van der Waals surface area contributed by atoms with Gasteiger partial charge < -0.3 is 0 Å². The van der Waals surface area contributed by atoms with Crippen LogP contribution >= 0.6 is 0 Å². The molecule has 3 atom stereocenters. The molecule has 0 aromatic heterocycles. The predicted octanol–water partition coefficient (Wildman–Crippen LogP) is 14.1. The Labute approximate surface area is 275 Å². The fourth-order valence-electron chi connectivity index (χ4n) is 7.57. The van der Waals surface area contributed by atoms with E-state index in [0.717, 1.165) is 12.8 Å². The van der Waals surface area contributed by atoms with E-state index in [1.54, 1.807) is 0 Å². The highest BCUT2D eigenvalue weighted by Crippen LogP contribution is 2.61. The highest BCUT2D eigenvalue weighted by Gasteiger charge is 2.51. The van der Waals surface area contributed by atoms with Gasteiger partial charge in [0, 0.05) is 0 Å². The van der Waals surface area contributed by atoms with E-state index in [2.05, 4.69) is 190 Å². The lowest BCUT2D eigenvalue weighted by Crippen LogP contribution is -2.46. The largest absolute Gasteiger partial charge is 0.0877 e. The molecule has 0 fully saturated rings. The molecule has 0 spiro atoms. The average molecular weight is 599 g/mol. The van der Waals surface area contributed by atoms with E-state index in [9.17, 15) is 0 Å². The molecular weight excluding hydrogens is 528 g/mol. The molecule has 0 amide bonds. The molecular formula is C44H70. The Bertz CT molecular complexity index is 1200. The molecule has 0 nitrogen and oxygen atoms in total. The van der Waals surface area contributed by atoms with Gasteiger partial charge in [-0.1, -0.05) is 181 Å². The molecule has 44 heavy (non-hydrogen) atoms. The van der Waals surface area contributed by atoms with Gasteiger partial charge in [0.2, 0.25) is 0 Å². The van der Waals surface area contributed by atoms with E-state index in [-0.39, 0.29) is 32.5 Å². The molecule has 0 heterocycles. The van der Waals surface area contributed by atoms with Crippen LogP contribution in [0.5, 0.6) is 0 Å². The first-order chi connectivity index (χ1) is 20.0. The van der Waals surface area contributed by atoms with Crippen LogP contribution < -0.4 is 0 Å². The van der Waals surface area contributed by atoms with Gasteiger partial charge in [0.15, 0.2) is 0 Å². The number of hydrogen-bond donors (Lipinski definition) is 0. The lowest BCUT2D eigenvalue weighted by Gasteiger charge is -2.55. The molecule has 0 saturated heterocycles. The van der Waals surface area contributed by atoms with Crippen LogP contribution in [0.1, 0.15) is 153 Å². The van der Waals surface area contributed by atoms with Gasteiger partial charge in [-0.3, -0.25) is 0 Å². The molecule has 0 aliphatic rings. The van der Waals surface area contributed by atoms with Gasteiger partial charge in [-0.2, -0.15) is 0 Å². The van der Waals surface area contributed by atoms with Crippen molar-refractivity contribution in [2.75, 3.05) is 0 Å².